The van der Waals surface area contributed by atoms with E-state index < -0.39 is 48.0 Å². The van der Waals surface area contributed by atoms with Crippen LogP contribution in [-0.2, 0) is 4.74 Å². The van der Waals surface area contributed by atoms with Gasteiger partial charge in [0.15, 0.2) is 0 Å². The van der Waals surface area contributed by atoms with E-state index in [1.165, 1.54) is 30.2 Å². The largest absolute Gasteiger partial charge is 0.394 e. The standard InChI is InChI=1S/C20H19ClF2N4O4S/c1-9-13(22)2-10(3-14(9)23)15-7-27(26-25-15)17-18(29)16(8-28)31-20(19(17)30)32-12-4-11(21)5-24-6-12/h2-7,16-20,28-30H,8H2,1H3/t16-,17+,18+,19-,20-/m1/s1. The van der Waals surface area contributed by atoms with Crippen LogP contribution < -0.4 is 0 Å². The van der Waals surface area contributed by atoms with Crippen molar-refractivity contribution in [3.63, 3.8) is 0 Å². The Morgan fingerprint density at radius 3 is 2.53 bits per heavy atom. The quantitative estimate of drug-likeness (QED) is 0.506. The molecule has 0 unspecified atom stereocenters. The number of aliphatic hydroxyl groups excluding tert-OH is 3. The highest BCUT2D eigenvalue weighted by Crippen LogP contribution is 2.38. The van der Waals surface area contributed by atoms with Crippen molar-refractivity contribution in [1.82, 2.24) is 20.0 Å². The number of pyridine rings is 1. The summed E-state index contributed by atoms with van der Waals surface area (Å²) in [6, 6.07) is 2.85. The minimum absolute atomic E-state index is 0.113. The highest BCUT2D eigenvalue weighted by molar-refractivity contribution is 7.99. The Bertz CT molecular complexity index is 1100. The summed E-state index contributed by atoms with van der Waals surface area (Å²) in [5, 5.41) is 39.6. The summed E-state index contributed by atoms with van der Waals surface area (Å²) >= 11 is 7.07. The average molecular weight is 485 g/mol. The van der Waals surface area contributed by atoms with E-state index in [1.807, 2.05) is 0 Å². The van der Waals surface area contributed by atoms with Crippen LogP contribution in [0.5, 0.6) is 0 Å². The molecule has 0 spiro atoms. The minimum atomic E-state index is -1.33. The number of hydrogen-bond acceptors (Lipinski definition) is 8. The van der Waals surface area contributed by atoms with Gasteiger partial charge in [0, 0.05) is 28.4 Å². The fraction of sp³-hybridized carbons (Fsp3) is 0.350. The Hall–Kier alpha value is -2.15. The van der Waals surface area contributed by atoms with Crippen molar-refractivity contribution in [2.75, 3.05) is 6.61 Å². The van der Waals surface area contributed by atoms with E-state index >= 15 is 0 Å². The number of rotatable bonds is 5. The van der Waals surface area contributed by atoms with Crippen LogP contribution in [0.15, 0.2) is 41.7 Å². The lowest BCUT2D eigenvalue weighted by Crippen LogP contribution is -2.55. The molecule has 1 aliphatic rings. The monoisotopic (exact) mass is 484 g/mol. The van der Waals surface area contributed by atoms with Gasteiger partial charge in [0.1, 0.15) is 47.1 Å². The number of thioether (sulfide) groups is 1. The number of ether oxygens (including phenoxy) is 1. The fourth-order valence-corrected chi connectivity index (χ4v) is 4.74. The van der Waals surface area contributed by atoms with E-state index in [0.29, 0.717) is 9.92 Å². The van der Waals surface area contributed by atoms with E-state index in [-0.39, 0.29) is 16.8 Å². The van der Waals surface area contributed by atoms with E-state index in [2.05, 4.69) is 15.3 Å². The first-order valence-corrected chi connectivity index (χ1v) is 10.8. The summed E-state index contributed by atoms with van der Waals surface area (Å²) in [6.07, 6.45) is 0.733. The maximum atomic E-state index is 14.0. The molecule has 0 radical (unpaired) electrons. The van der Waals surface area contributed by atoms with E-state index in [0.717, 1.165) is 23.9 Å². The normalized spacial score (nSPS) is 25.8. The molecule has 1 fully saturated rings. The molecule has 2 aromatic heterocycles. The zero-order chi connectivity index (χ0) is 23.0. The van der Waals surface area contributed by atoms with Crippen molar-refractivity contribution in [3.05, 3.63) is 59.0 Å². The number of hydrogen-bond donors (Lipinski definition) is 3. The van der Waals surface area contributed by atoms with Crippen molar-refractivity contribution in [2.45, 2.75) is 41.6 Å². The molecule has 3 aromatic rings. The van der Waals surface area contributed by atoms with Gasteiger partial charge in [0.25, 0.3) is 0 Å². The summed E-state index contributed by atoms with van der Waals surface area (Å²) in [5.74, 6) is -1.46. The summed E-state index contributed by atoms with van der Waals surface area (Å²) in [4.78, 5) is 4.60. The van der Waals surface area contributed by atoms with Crippen LogP contribution in [0.3, 0.4) is 0 Å². The van der Waals surface area contributed by atoms with Crippen molar-refractivity contribution in [3.8, 4) is 11.3 Å². The van der Waals surface area contributed by atoms with Gasteiger partial charge in [-0.2, -0.15) is 0 Å². The van der Waals surface area contributed by atoms with Crippen LogP contribution in [0.25, 0.3) is 11.3 Å². The van der Waals surface area contributed by atoms with E-state index in [4.69, 9.17) is 16.3 Å². The Balaban J connectivity index is 1.64. The van der Waals surface area contributed by atoms with Gasteiger partial charge in [0.05, 0.1) is 17.8 Å². The third-order valence-corrected chi connectivity index (χ3v) is 6.50. The summed E-state index contributed by atoms with van der Waals surface area (Å²) < 4.78 is 34.8. The lowest BCUT2D eigenvalue weighted by Gasteiger charge is -2.41. The maximum Gasteiger partial charge on any atom is 0.136 e. The highest BCUT2D eigenvalue weighted by Gasteiger charge is 2.46. The van der Waals surface area contributed by atoms with Crippen molar-refractivity contribution in [1.29, 1.82) is 0 Å². The first-order valence-electron chi connectivity index (χ1n) is 9.56. The van der Waals surface area contributed by atoms with Crippen molar-refractivity contribution < 1.29 is 28.8 Å². The topological polar surface area (TPSA) is 114 Å². The molecule has 1 aromatic carbocycles. The molecule has 0 aliphatic carbocycles. The molecule has 4 rings (SSSR count). The Labute approximate surface area is 190 Å². The molecule has 3 heterocycles. The SMILES string of the molecule is Cc1c(F)cc(-c2cn([C@@H]3[C@@H](O)[C@@H](Sc4cncc(Cl)c4)O[C@H](CO)[C@@H]3O)nn2)cc1F. The average Bonchev–Trinajstić information content (AvgIpc) is 3.23. The van der Waals surface area contributed by atoms with Gasteiger partial charge in [-0.3, -0.25) is 4.98 Å². The summed E-state index contributed by atoms with van der Waals surface area (Å²) in [7, 11) is 0. The number of benzene rings is 1. The molecule has 0 bridgehead atoms. The molecule has 32 heavy (non-hydrogen) atoms. The van der Waals surface area contributed by atoms with Gasteiger partial charge in [0.2, 0.25) is 0 Å². The zero-order valence-corrected chi connectivity index (χ0v) is 18.2. The van der Waals surface area contributed by atoms with Crippen LogP contribution in [0.4, 0.5) is 8.78 Å². The maximum absolute atomic E-state index is 14.0. The molecule has 3 N–H and O–H groups in total. The minimum Gasteiger partial charge on any atom is -0.394 e. The van der Waals surface area contributed by atoms with Gasteiger partial charge in [-0.25, -0.2) is 13.5 Å². The molecule has 0 amide bonds. The van der Waals surface area contributed by atoms with Crippen LogP contribution in [-0.4, -0.2) is 65.7 Å². The van der Waals surface area contributed by atoms with Crippen LogP contribution in [0, 0.1) is 18.6 Å². The molecule has 0 saturated carbocycles. The predicted octanol–water partition coefficient (Wildman–Crippen LogP) is 2.35. The number of aromatic nitrogens is 4. The predicted molar refractivity (Wildman–Crippen MR) is 112 cm³/mol. The lowest BCUT2D eigenvalue weighted by atomic mass is 9.97. The smallest absolute Gasteiger partial charge is 0.136 e. The van der Waals surface area contributed by atoms with Crippen LogP contribution in [0.2, 0.25) is 5.02 Å². The Kier molecular flexibility index (Phi) is 6.75. The number of nitrogens with zero attached hydrogens (tertiary/aromatic N) is 4. The Morgan fingerprint density at radius 2 is 1.88 bits per heavy atom. The molecule has 170 valence electrons. The van der Waals surface area contributed by atoms with Crippen LogP contribution in [0.1, 0.15) is 11.6 Å². The van der Waals surface area contributed by atoms with Crippen LogP contribution >= 0.6 is 23.4 Å². The molecule has 5 atom stereocenters. The Morgan fingerprint density at radius 1 is 1.16 bits per heavy atom. The van der Waals surface area contributed by atoms with E-state index in [9.17, 15) is 24.1 Å². The first kappa shape index (κ1) is 23.0. The third kappa shape index (κ3) is 4.49. The van der Waals surface area contributed by atoms with Gasteiger partial charge in [-0.1, -0.05) is 28.6 Å². The molecule has 1 saturated heterocycles. The zero-order valence-electron chi connectivity index (χ0n) is 16.6. The molecule has 12 heteroatoms. The third-order valence-electron chi connectivity index (χ3n) is 5.17. The van der Waals surface area contributed by atoms with Gasteiger partial charge < -0.3 is 20.1 Å². The number of halogens is 3. The fourth-order valence-electron chi connectivity index (χ4n) is 3.42. The van der Waals surface area contributed by atoms with Gasteiger partial charge in [-0.05, 0) is 25.1 Å². The summed E-state index contributed by atoms with van der Waals surface area (Å²) in [6.45, 7) is 0.813. The molecule has 1 aliphatic heterocycles. The lowest BCUT2D eigenvalue weighted by molar-refractivity contribution is -0.178. The second kappa shape index (κ2) is 9.38. The number of aliphatic hydroxyl groups is 3. The van der Waals surface area contributed by atoms with Gasteiger partial charge in [-0.15, -0.1) is 5.10 Å². The van der Waals surface area contributed by atoms with Crippen molar-refractivity contribution in [2.24, 2.45) is 0 Å². The second-order valence-corrected chi connectivity index (χ2v) is 8.91. The molecular weight excluding hydrogens is 466 g/mol. The first-order chi connectivity index (χ1) is 15.3. The molecule has 8 nitrogen and oxygen atoms in total. The van der Waals surface area contributed by atoms with E-state index in [1.54, 1.807) is 6.07 Å². The van der Waals surface area contributed by atoms with Gasteiger partial charge >= 0.3 is 0 Å². The van der Waals surface area contributed by atoms with Crippen molar-refractivity contribution >= 4 is 23.4 Å². The highest BCUT2D eigenvalue weighted by atomic mass is 35.5. The molecular formula is C20H19ClF2N4O4S. The summed E-state index contributed by atoms with van der Waals surface area (Å²) in [5.41, 5.74) is -0.708. The second-order valence-electron chi connectivity index (χ2n) is 7.30.